The Morgan fingerprint density at radius 2 is 2.14 bits per heavy atom. The molecule has 1 heterocycles. The summed E-state index contributed by atoms with van der Waals surface area (Å²) in [5, 5.41) is 6.45. The minimum absolute atomic E-state index is 0.206. The minimum atomic E-state index is -0.564. The van der Waals surface area contributed by atoms with Gasteiger partial charge in [-0.1, -0.05) is 40.9 Å². The molecule has 4 N–H and O–H groups in total. The highest BCUT2D eigenvalue weighted by Gasteiger charge is 2.11. The van der Waals surface area contributed by atoms with E-state index in [1.165, 1.54) is 0 Å². The average molecular weight is 462 g/mol. The van der Waals surface area contributed by atoms with Gasteiger partial charge in [0, 0.05) is 41.9 Å². The molecule has 1 unspecified atom stereocenters. The molecule has 0 aliphatic carbocycles. The van der Waals surface area contributed by atoms with Crippen LogP contribution >= 0.6 is 34.8 Å². The Kier molecular flexibility index (Phi) is 9.37. The highest BCUT2D eigenvalue weighted by atomic mass is 35.5. The number of halogens is 3. The summed E-state index contributed by atoms with van der Waals surface area (Å²) in [6.07, 6.45) is 4.29. The molecule has 2 rings (SSSR count). The maximum absolute atomic E-state index is 11.8. The van der Waals surface area contributed by atoms with E-state index < -0.39 is 11.7 Å². The van der Waals surface area contributed by atoms with Crippen molar-refractivity contribution >= 4 is 53.1 Å². The molecule has 0 spiro atoms. The lowest BCUT2D eigenvalue weighted by molar-refractivity contribution is 0.143. The van der Waals surface area contributed by atoms with Crippen molar-refractivity contribution in [2.75, 3.05) is 20.2 Å². The lowest BCUT2D eigenvalue weighted by atomic mass is 10.2. The van der Waals surface area contributed by atoms with Crippen LogP contribution in [-0.4, -0.2) is 49.0 Å². The van der Waals surface area contributed by atoms with Crippen molar-refractivity contribution in [1.82, 2.24) is 15.5 Å². The van der Waals surface area contributed by atoms with Crippen LogP contribution in [-0.2, 0) is 11.3 Å². The van der Waals surface area contributed by atoms with Gasteiger partial charge in [-0.15, -0.1) is 0 Å². The maximum Gasteiger partial charge on any atom is 0.407 e. The summed E-state index contributed by atoms with van der Waals surface area (Å²) in [6, 6.07) is 5.17. The third kappa shape index (κ3) is 8.00. The quantitative estimate of drug-likeness (QED) is 0.172. The smallest absolute Gasteiger partial charge is 0.407 e. The molecular weight excluding hydrogens is 439 g/mol. The van der Waals surface area contributed by atoms with Gasteiger partial charge in [-0.05, 0) is 25.0 Å². The number of carbonyl (C=O) groups excluding carboxylic acids is 1. The molecule has 0 bridgehead atoms. The molecule has 1 atom stereocenters. The van der Waals surface area contributed by atoms with Crippen LogP contribution < -0.4 is 16.4 Å². The van der Waals surface area contributed by atoms with E-state index in [-0.39, 0.29) is 12.4 Å². The van der Waals surface area contributed by atoms with Crippen molar-refractivity contribution in [2.45, 2.75) is 25.0 Å². The number of ether oxygens (including phenoxy) is 1. The molecule has 29 heavy (non-hydrogen) atoms. The van der Waals surface area contributed by atoms with Crippen LogP contribution in [0.1, 0.15) is 18.4 Å². The van der Waals surface area contributed by atoms with Gasteiger partial charge < -0.3 is 26.0 Å². The zero-order chi connectivity index (χ0) is 21.2. The number of rotatable bonds is 9. The van der Waals surface area contributed by atoms with Gasteiger partial charge in [-0.3, -0.25) is 0 Å². The fraction of sp³-hybridized carbons (Fsp3) is 0.389. The number of nitrogens with one attached hydrogen (secondary N) is 2. The molecule has 1 aromatic carbocycles. The van der Waals surface area contributed by atoms with Crippen molar-refractivity contribution in [3.8, 4) is 0 Å². The van der Waals surface area contributed by atoms with Crippen molar-refractivity contribution in [1.29, 1.82) is 0 Å². The zero-order valence-corrected chi connectivity index (χ0v) is 18.1. The first-order chi connectivity index (χ1) is 13.9. The van der Waals surface area contributed by atoms with E-state index in [1.807, 2.05) is 11.9 Å². The number of unbranched alkanes of at least 4 members (excludes halogenated alkanes) is 1. The first-order valence-corrected chi connectivity index (χ1v) is 10.1. The number of alkyl halides is 1. The summed E-state index contributed by atoms with van der Waals surface area (Å²) in [5.41, 5.74) is 6.37. The Morgan fingerprint density at radius 3 is 2.83 bits per heavy atom. The molecule has 11 heteroatoms. The second kappa shape index (κ2) is 11.7. The van der Waals surface area contributed by atoms with E-state index in [1.54, 1.807) is 30.7 Å². The second-order valence-electron chi connectivity index (χ2n) is 6.17. The number of nitrogens with zero attached hydrogens (tertiary/aromatic N) is 3. The Bertz CT molecular complexity index is 780. The standard InChI is InChI=1S/C18H23Cl3N6O2/c1-27(11-25-15-10-23-17(21)26-16(15)22)7-2-3-8-29-18(28)24-9-12-13(19)5-4-6-14(12)20/h4-6,10-11,17,23H,2-3,7-9H2,1H3,(H2,22,26)(H,24,28). The number of amides is 1. The molecule has 8 nitrogen and oxygen atoms in total. The number of hydrogen-bond donors (Lipinski definition) is 3. The van der Waals surface area contributed by atoms with E-state index >= 15 is 0 Å². The van der Waals surface area contributed by atoms with Gasteiger partial charge in [0.2, 0.25) is 0 Å². The van der Waals surface area contributed by atoms with Gasteiger partial charge in [0.25, 0.3) is 0 Å². The summed E-state index contributed by atoms with van der Waals surface area (Å²) in [5.74, 6) is 0.283. The zero-order valence-electron chi connectivity index (χ0n) is 15.9. The third-order valence-electron chi connectivity index (χ3n) is 3.88. The Hall–Kier alpha value is -2.16. The van der Waals surface area contributed by atoms with E-state index in [9.17, 15) is 4.79 Å². The fourth-order valence-corrected chi connectivity index (χ4v) is 3.01. The van der Waals surface area contributed by atoms with Crippen LogP contribution in [0.2, 0.25) is 10.0 Å². The van der Waals surface area contributed by atoms with Crippen LogP contribution in [0, 0.1) is 0 Å². The van der Waals surface area contributed by atoms with Crippen molar-refractivity contribution in [2.24, 2.45) is 15.7 Å². The van der Waals surface area contributed by atoms with Crippen molar-refractivity contribution < 1.29 is 9.53 Å². The number of nitrogens with two attached hydrogens (primary N) is 1. The molecule has 1 aliphatic rings. The lowest BCUT2D eigenvalue weighted by Crippen LogP contribution is -2.29. The van der Waals surface area contributed by atoms with E-state index in [0.717, 1.165) is 13.0 Å². The number of benzene rings is 1. The van der Waals surface area contributed by atoms with Crippen molar-refractivity contribution in [3.05, 3.63) is 45.7 Å². The molecule has 0 aromatic heterocycles. The van der Waals surface area contributed by atoms with Crippen LogP contribution in [0.15, 0.2) is 40.1 Å². The SMILES string of the molecule is CN(C=NC1=CNC(Cl)N=C1N)CCCCOC(=O)NCc1c(Cl)cccc1Cl. The molecule has 158 valence electrons. The van der Waals surface area contributed by atoms with Crippen LogP contribution in [0.5, 0.6) is 0 Å². The number of amidine groups is 1. The summed E-state index contributed by atoms with van der Waals surface area (Å²) in [6.45, 7) is 1.25. The predicted molar refractivity (Wildman–Crippen MR) is 117 cm³/mol. The molecule has 1 amide bonds. The first kappa shape index (κ1) is 23.1. The van der Waals surface area contributed by atoms with Crippen LogP contribution in [0.3, 0.4) is 0 Å². The van der Waals surface area contributed by atoms with E-state index in [2.05, 4.69) is 20.6 Å². The third-order valence-corrected chi connectivity index (χ3v) is 4.81. The molecule has 0 saturated carbocycles. The predicted octanol–water partition coefficient (Wildman–Crippen LogP) is 3.28. The summed E-state index contributed by atoms with van der Waals surface area (Å²) in [7, 11) is 1.89. The lowest BCUT2D eigenvalue weighted by Gasteiger charge is -2.16. The van der Waals surface area contributed by atoms with Crippen LogP contribution in [0.25, 0.3) is 0 Å². The summed E-state index contributed by atoms with van der Waals surface area (Å²) >= 11 is 17.9. The van der Waals surface area contributed by atoms with Gasteiger partial charge in [0.05, 0.1) is 12.9 Å². The molecule has 0 fully saturated rings. The fourth-order valence-electron chi connectivity index (χ4n) is 2.31. The van der Waals surface area contributed by atoms with Gasteiger partial charge >= 0.3 is 6.09 Å². The number of hydrogen-bond acceptors (Lipinski definition) is 6. The largest absolute Gasteiger partial charge is 0.450 e. The number of carbonyl (C=O) groups is 1. The second-order valence-corrected chi connectivity index (χ2v) is 7.40. The first-order valence-electron chi connectivity index (χ1n) is 8.88. The summed E-state index contributed by atoms with van der Waals surface area (Å²) in [4.78, 5) is 21.9. The maximum atomic E-state index is 11.8. The molecular formula is C18H23Cl3N6O2. The van der Waals surface area contributed by atoms with E-state index in [4.69, 9.17) is 45.3 Å². The Morgan fingerprint density at radius 1 is 1.41 bits per heavy atom. The number of aliphatic imine (C=N–C) groups is 2. The summed E-state index contributed by atoms with van der Waals surface area (Å²) < 4.78 is 5.15. The Labute approximate surface area is 184 Å². The van der Waals surface area contributed by atoms with Gasteiger partial charge in [-0.2, -0.15) is 0 Å². The topological polar surface area (TPSA) is 104 Å². The average Bonchev–Trinajstić information content (AvgIpc) is 2.66. The molecule has 1 aliphatic heterocycles. The molecule has 1 aromatic rings. The highest BCUT2D eigenvalue weighted by Crippen LogP contribution is 2.23. The molecule has 0 radical (unpaired) electrons. The normalized spacial score (nSPS) is 16.1. The van der Waals surface area contributed by atoms with Gasteiger partial charge in [0.1, 0.15) is 11.5 Å². The van der Waals surface area contributed by atoms with E-state index in [0.29, 0.717) is 34.3 Å². The van der Waals surface area contributed by atoms with Gasteiger partial charge in [0.15, 0.2) is 5.62 Å². The minimum Gasteiger partial charge on any atom is -0.450 e. The molecule has 0 saturated heterocycles. The Balaban J connectivity index is 1.60. The van der Waals surface area contributed by atoms with Gasteiger partial charge in [-0.25, -0.2) is 14.8 Å². The monoisotopic (exact) mass is 460 g/mol. The highest BCUT2D eigenvalue weighted by molar-refractivity contribution is 6.36. The van der Waals surface area contributed by atoms with Crippen molar-refractivity contribution in [3.63, 3.8) is 0 Å². The van der Waals surface area contributed by atoms with Crippen LogP contribution in [0.4, 0.5) is 4.79 Å². The number of alkyl carbamates (subject to hydrolysis) is 1.